The minimum Gasteiger partial charge on any atom is -0.486 e. The molecule has 1 fully saturated rings. The molecule has 6 heteroatoms. The van der Waals surface area contributed by atoms with E-state index in [0.717, 1.165) is 42.6 Å². The summed E-state index contributed by atoms with van der Waals surface area (Å²) in [5.41, 5.74) is 3.25. The van der Waals surface area contributed by atoms with Crippen LogP contribution >= 0.6 is 11.3 Å². The SMILES string of the molecule is Cc1ccc(OCc2nc(CC(=O)N3CCN(c4ccccc4)CC3)cs2)cc1. The zero-order valence-corrected chi connectivity index (χ0v) is 17.4. The van der Waals surface area contributed by atoms with Crippen LogP contribution in [0.5, 0.6) is 5.75 Å². The van der Waals surface area contributed by atoms with Crippen molar-refractivity contribution in [1.82, 2.24) is 9.88 Å². The average Bonchev–Trinajstić information content (AvgIpc) is 3.21. The summed E-state index contributed by atoms with van der Waals surface area (Å²) < 4.78 is 5.78. The minimum atomic E-state index is 0.147. The van der Waals surface area contributed by atoms with E-state index in [1.165, 1.54) is 11.3 Å². The number of anilines is 1. The number of ether oxygens (including phenoxy) is 1. The standard InChI is InChI=1S/C23H25N3O2S/c1-18-7-9-21(10-8-18)28-16-22-24-19(17-29-22)15-23(27)26-13-11-25(12-14-26)20-5-3-2-4-6-20/h2-10,17H,11-16H2,1H3. The van der Waals surface area contributed by atoms with Crippen LogP contribution in [0.1, 0.15) is 16.3 Å². The Bertz CT molecular complexity index is 932. The van der Waals surface area contributed by atoms with Gasteiger partial charge in [0, 0.05) is 37.2 Å². The third-order valence-electron chi connectivity index (χ3n) is 5.07. The molecule has 0 radical (unpaired) electrons. The van der Waals surface area contributed by atoms with Crippen LogP contribution in [0, 0.1) is 6.92 Å². The quantitative estimate of drug-likeness (QED) is 0.621. The van der Waals surface area contributed by atoms with E-state index >= 15 is 0 Å². The second kappa shape index (κ2) is 9.09. The van der Waals surface area contributed by atoms with E-state index in [2.05, 4.69) is 41.1 Å². The lowest BCUT2D eigenvalue weighted by Crippen LogP contribution is -2.49. The van der Waals surface area contributed by atoms with Crippen LogP contribution in [-0.2, 0) is 17.8 Å². The van der Waals surface area contributed by atoms with Gasteiger partial charge in [-0.15, -0.1) is 11.3 Å². The van der Waals surface area contributed by atoms with Gasteiger partial charge in [0.2, 0.25) is 5.91 Å². The maximum absolute atomic E-state index is 12.7. The Morgan fingerprint density at radius 1 is 1.03 bits per heavy atom. The second-order valence-electron chi connectivity index (χ2n) is 7.21. The molecular formula is C23H25N3O2S. The number of carbonyl (C=O) groups excluding carboxylic acids is 1. The number of hydrogen-bond donors (Lipinski definition) is 0. The van der Waals surface area contributed by atoms with Crippen LogP contribution in [0.3, 0.4) is 0 Å². The fourth-order valence-electron chi connectivity index (χ4n) is 3.40. The number of aromatic nitrogens is 1. The van der Waals surface area contributed by atoms with Gasteiger partial charge in [-0.05, 0) is 31.2 Å². The van der Waals surface area contributed by atoms with Crippen LogP contribution in [0.2, 0.25) is 0 Å². The van der Waals surface area contributed by atoms with Crippen LogP contribution < -0.4 is 9.64 Å². The summed E-state index contributed by atoms with van der Waals surface area (Å²) >= 11 is 1.54. The molecular weight excluding hydrogens is 382 g/mol. The molecule has 1 aliphatic rings. The van der Waals surface area contributed by atoms with Crippen molar-refractivity contribution < 1.29 is 9.53 Å². The van der Waals surface area contributed by atoms with E-state index in [4.69, 9.17) is 4.74 Å². The van der Waals surface area contributed by atoms with Gasteiger partial charge in [0.25, 0.3) is 0 Å². The van der Waals surface area contributed by atoms with Gasteiger partial charge in [-0.25, -0.2) is 4.98 Å². The monoisotopic (exact) mass is 407 g/mol. The maximum Gasteiger partial charge on any atom is 0.228 e. The number of rotatable bonds is 6. The number of nitrogens with zero attached hydrogens (tertiary/aromatic N) is 3. The summed E-state index contributed by atoms with van der Waals surface area (Å²) in [6, 6.07) is 18.3. The molecule has 1 aliphatic heterocycles. The van der Waals surface area contributed by atoms with E-state index < -0.39 is 0 Å². The summed E-state index contributed by atoms with van der Waals surface area (Å²) in [4.78, 5) is 21.5. The van der Waals surface area contributed by atoms with Gasteiger partial charge in [0.05, 0.1) is 12.1 Å². The highest BCUT2D eigenvalue weighted by Gasteiger charge is 2.22. The second-order valence-corrected chi connectivity index (χ2v) is 8.16. The summed E-state index contributed by atoms with van der Waals surface area (Å²) in [6.07, 6.45) is 0.354. The van der Waals surface area contributed by atoms with Gasteiger partial charge in [-0.2, -0.15) is 0 Å². The summed E-state index contributed by atoms with van der Waals surface area (Å²) in [6.45, 7) is 5.71. The Hall–Kier alpha value is -2.86. The smallest absolute Gasteiger partial charge is 0.228 e. The fraction of sp³-hybridized carbons (Fsp3) is 0.304. The molecule has 1 amide bonds. The molecule has 3 aromatic rings. The lowest BCUT2D eigenvalue weighted by molar-refractivity contribution is -0.130. The molecule has 29 heavy (non-hydrogen) atoms. The maximum atomic E-state index is 12.7. The third-order valence-corrected chi connectivity index (χ3v) is 5.94. The largest absolute Gasteiger partial charge is 0.486 e. The van der Waals surface area contributed by atoms with Gasteiger partial charge in [-0.3, -0.25) is 4.79 Å². The molecule has 1 aromatic heterocycles. The molecule has 0 atom stereocenters. The molecule has 5 nitrogen and oxygen atoms in total. The van der Waals surface area contributed by atoms with E-state index in [1.54, 1.807) is 11.3 Å². The highest BCUT2D eigenvalue weighted by atomic mass is 32.1. The Balaban J connectivity index is 1.25. The molecule has 2 aromatic carbocycles. The molecule has 1 saturated heterocycles. The van der Waals surface area contributed by atoms with Gasteiger partial charge in [-0.1, -0.05) is 35.9 Å². The average molecular weight is 408 g/mol. The molecule has 0 spiro atoms. The molecule has 0 N–H and O–H groups in total. The van der Waals surface area contributed by atoms with Crippen molar-refractivity contribution in [2.24, 2.45) is 0 Å². The first-order valence-corrected chi connectivity index (χ1v) is 10.8. The molecule has 0 bridgehead atoms. The number of aryl methyl sites for hydroxylation is 1. The predicted molar refractivity (Wildman–Crippen MR) is 117 cm³/mol. The first kappa shape index (κ1) is 19.5. The van der Waals surface area contributed by atoms with Crippen molar-refractivity contribution in [2.45, 2.75) is 20.0 Å². The Morgan fingerprint density at radius 2 is 1.76 bits per heavy atom. The number of amides is 1. The lowest BCUT2D eigenvalue weighted by atomic mass is 10.2. The van der Waals surface area contributed by atoms with E-state index in [0.29, 0.717) is 13.0 Å². The van der Waals surface area contributed by atoms with Crippen molar-refractivity contribution in [3.05, 3.63) is 76.2 Å². The van der Waals surface area contributed by atoms with Gasteiger partial charge in [0.15, 0.2) is 0 Å². The highest BCUT2D eigenvalue weighted by Crippen LogP contribution is 2.18. The topological polar surface area (TPSA) is 45.7 Å². The van der Waals surface area contributed by atoms with Crippen LogP contribution in [0.15, 0.2) is 60.0 Å². The van der Waals surface area contributed by atoms with Crippen LogP contribution in [0.4, 0.5) is 5.69 Å². The molecule has 4 rings (SSSR count). The molecule has 0 aliphatic carbocycles. The summed E-state index contributed by atoms with van der Waals surface area (Å²) in [5.74, 6) is 0.980. The molecule has 2 heterocycles. The first-order valence-electron chi connectivity index (χ1n) is 9.88. The number of carbonyl (C=O) groups is 1. The van der Waals surface area contributed by atoms with Crippen molar-refractivity contribution in [1.29, 1.82) is 0 Å². The Morgan fingerprint density at radius 3 is 2.48 bits per heavy atom. The zero-order valence-electron chi connectivity index (χ0n) is 16.6. The van der Waals surface area contributed by atoms with E-state index in [-0.39, 0.29) is 5.91 Å². The lowest BCUT2D eigenvalue weighted by Gasteiger charge is -2.36. The molecule has 150 valence electrons. The fourth-order valence-corrected chi connectivity index (χ4v) is 4.10. The van der Waals surface area contributed by atoms with Gasteiger partial charge < -0.3 is 14.5 Å². The third kappa shape index (κ3) is 5.15. The van der Waals surface area contributed by atoms with Crippen LogP contribution in [-0.4, -0.2) is 42.0 Å². The number of benzene rings is 2. The number of hydrogen-bond acceptors (Lipinski definition) is 5. The van der Waals surface area contributed by atoms with Gasteiger partial charge >= 0.3 is 0 Å². The van der Waals surface area contributed by atoms with E-state index in [9.17, 15) is 4.79 Å². The van der Waals surface area contributed by atoms with Crippen molar-refractivity contribution >= 4 is 22.9 Å². The van der Waals surface area contributed by atoms with Crippen molar-refractivity contribution in [3.63, 3.8) is 0 Å². The summed E-state index contributed by atoms with van der Waals surface area (Å²) in [7, 11) is 0. The van der Waals surface area contributed by atoms with Gasteiger partial charge in [0.1, 0.15) is 17.4 Å². The highest BCUT2D eigenvalue weighted by molar-refractivity contribution is 7.09. The zero-order chi connectivity index (χ0) is 20.1. The van der Waals surface area contributed by atoms with Crippen LogP contribution in [0.25, 0.3) is 0 Å². The predicted octanol–water partition coefficient (Wildman–Crippen LogP) is 3.92. The first-order chi connectivity index (χ1) is 14.2. The normalized spacial score (nSPS) is 14.1. The Kier molecular flexibility index (Phi) is 6.10. The number of thiazole rings is 1. The van der Waals surface area contributed by atoms with E-state index in [1.807, 2.05) is 40.6 Å². The molecule has 0 saturated carbocycles. The number of para-hydroxylation sites is 1. The minimum absolute atomic E-state index is 0.147. The van der Waals surface area contributed by atoms with Crippen molar-refractivity contribution in [2.75, 3.05) is 31.1 Å². The number of piperazine rings is 1. The van der Waals surface area contributed by atoms with Crippen molar-refractivity contribution in [3.8, 4) is 5.75 Å². The summed E-state index contributed by atoms with van der Waals surface area (Å²) in [5, 5.41) is 2.86. The molecule has 0 unspecified atom stereocenters. The Labute approximate surface area is 175 Å².